The summed E-state index contributed by atoms with van der Waals surface area (Å²) in [6.45, 7) is 0. The molecule has 1 unspecified atom stereocenters. The van der Waals surface area contributed by atoms with Gasteiger partial charge in [-0.2, -0.15) is 0 Å². The number of allylic oxidation sites excluding steroid dienone is 3. The predicted octanol–water partition coefficient (Wildman–Crippen LogP) is 2.71. The fourth-order valence-electron chi connectivity index (χ4n) is 1.85. The van der Waals surface area contributed by atoms with E-state index < -0.39 is 0 Å². The summed E-state index contributed by atoms with van der Waals surface area (Å²) >= 11 is 0. The Bertz CT molecular complexity index is 493. The van der Waals surface area contributed by atoms with Crippen LogP contribution >= 0.6 is 0 Å². The van der Waals surface area contributed by atoms with Crippen LogP contribution < -0.4 is 0 Å². The molecule has 1 heterocycles. The summed E-state index contributed by atoms with van der Waals surface area (Å²) in [7, 11) is 0. The first kappa shape index (κ1) is 8.36. The molecule has 0 spiro atoms. The van der Waals surface area contributed by atoms with Gasteiger partial charge in [-0.1, -0.05) is 36.4 Å². The molecule has 0 radical (unpaired) electrons. The molecule has 3 rings (SSSR count). The number of hydrogen-bond donors (Lipinski definition) is 0. The van der Waals surface area contributed by atoms with E-state index in [2.05, 4.69) is 46.4 Å². The Labute approximate surface area is 88.4 Å². The first-order chi connectivity index (χ1) is 7.43. The van der Waals surface area contributed by atoms with Crippen LogP contribution in [0.2, 0.25) is 0 Å². The van der Waals surface area contributed by atoms with E-state index in [0.717, 1.165) is 11.4 Å². The van der Waals surface area contributed by atoms with Gasteiger partial charge in [-0.3, -0.25) is 0 Å². The summed E-state index contributed by atoms with van der Waals surface area (Å²) in [6.07, 6.45) is 7.96. The third-order valence-corrected chi connectivity index (χ3v) is 2.64. The summed E-state index contributed by atoms with van der Waals surface area (Å²) in [5, 5.41) is 0. The van der Waals surface area contributed by atoms with Crippen molar-refractivity contribution < 1.29 is 0 Å². The average Bonchev–Trinajstić information content (AvgIpc) is 2.77. The molecular weight excluding hydrogens is 184 g/mol. The van der Waals surface area contributed by atoms with Gasteiger partial charge in [-0.25, -0.2) is 9.98 Å². The molecule has 0 saturated heterocycles. The first-order valence-electron chi connectivity index (χ1n) is 4.99. The Balaban J connectivity index is 1.98. The van der Waals surface area contributed by atoms with Crippen molar-refractivity contribution in [3.63, 3.8) is 0 Å². The maximum atomic E-state index is 4.21. The highest BCUT2D eigenvalue weighted by Crippen LogP contribution is 2.26. The van der Waals surface area contributed by atoms with Gasteiger partial charge in [-0.15, -0.1) is 0 Å². The molecule has 2 heteroatoms. The molecule has 0 saturated carbocycles. The second-order valence-corrected chi connectivity index (χ2v) is 3.61. The van der Waals surface area contributed by atoms with E-state index >= 15 is 0 Å². The lowest BCUT2D eigenvalue weighted by Crippen LogP contribution is -2.03. The zero-order valence-corrected chi connectivity index (χ0v) is 8.17. The first-order valence-corrected chi connectivity index (χ1v) is 4.99. The summed E-state index contributed by atoms with van der Waals surface area (Å²) in [5.74, 6) is 0.329. The molecule has 2 aliphatic rings. The highest BCUT2D eigenvalue weighted by molar-refractivity contribution is 6.15. The van der Waals surface area contributed by atoms with Gasteiger partial charge in [-0.05, 0) is 17.7 Å². The lowest BCUT2D eigenvalue weighted by Gasteiger charge is -2.13. The second-order valence-electron chi connectivity index (χ2n) is 3.61. The fraction of sp³-hybridized carbons (Fsp3) is 0.0769. The van der Waals surface area contributed by atoms with Gasteiger partial charge >= 0.3 is 0 Å². The topological polar surface area (TPSA) is 24.7 Å². The van der Waals surface area contributed by atoms with Crippen molar-refractivity contribution in [2.45, 2.75) is 5.92 Å². The predicted molar refractivity (Wildman–Crippen MR) is 62.3 cm³/mol. The number of rotatable bonds is 1. The van der Waals surface area contributed by atoms with Gasteiger partial charge in [0, 0.05) is 5.92 Å². The molecule has 1 aliphatic carbocycles. The molecular formula is C13H10N2. The molecule has 1 aromatic rings. The molecule has 0 amide bonds. The van der Waals surface area contributed by atoms with E-state index in [-0.39, 0.29) is 0 Å². The minimum Gasteiger partial charge on any atom is -0.235 e. The van der Waals surface area contributed by atoms with Crippen LogP contribution in [0.1, 0.15) is 11.5 Å². The van der Waals surface area contributed by atoms with Crippen molar-refractivity contribution in [3.05, 3.63) is 59.8 Å². The average molecular weight is 194 g/mol. The van der Waals surface area contributed by atoms with Gasteiger partial charge in [0.05, 0.1) is 11.4 Å². The number of aliphatic imine (C=N–C) groups is 2. The van der Waals surface area contributed by atoms with Crippen molar-refractivity contribution in [2.75, 3.05) is 0 Å². The minimum absolute atomic E-state index is 0.329. The van der Waals surface area contributed by atoms with Crippen LogP contribution in [0.5, 0.6) is 0 Å². The van der Waals surface area contributed by atoms with E-state index in [0.29, 0.717) is 5.92 Å². The summed E-state index contributed by atoms with van der Waals surface area (Å²) in [6, 6.07) is 10.4. The van der Waals surface area contributed by atoms with Crippen molar-refractivity contribution in [1.29, 1.82) is 0 Å². The zero-order valence-electron chi connectivity index (χ0n) is 8.17. The van der Waals surface area contributed by atoms with E-state index in [1.54, 1.807) is 6.34 Å². The Morgan fingerprint density at radius 1 is 1.07 bits per heavy atom. The molecule has 15 heavy (non-hydrogen) atoms. The maximum absolute atomic E-state index is 4.21. The fourth-order valence-corrected chi connectivity index (χ4v) is 1.85. The quantitative estimate of drug-likeness (QED) is 0.656. The third-order valence-electron chi connectivity index (χ3n) is 2.64. The Morgan fingerprint density at radius 2 is 1.93 bits per heavy atom. The van der Waals surface area contributed by atoms with Crippen LogP contribution in [0.25, 0.3) is 0 Å². The lowest BCUT2D eigenvalue weighted by molar-refractivity contribution is 1.06. The van der Waals surface area contributed by atoms with Gasteiger partial charge in [0.1, 0.15) is 6.34 Å². The van der Waals surface area contributed by atoms with Crippen LogP contribution in [-0.4, -0.2) is 12.1 Å². The largest absolute Gasteiger partial charge is 0.235 e. The molecule has 72 valence electrons. The van der Waals surface area contributed by atoms with Crippen LogP contribution in [0, 0.1) is 0 Å². The van der Waals surface area contributed by atoms with E-state index in [4.69, 9.17) is 0 Å². The lowest BCUT2D eigenvalue weighted by atomic mass is 9.93. The van der Waals surface area contributed by atoms with Gasteiger partial charge in [0.25, 0.3) is 0 Å². The van der Waals surface area contributed by atoms with Crippen LogP contribution in [-0.2, 0) is 0 Å². The van der Waals surface area contributed by atoms with Crippen molar-refractivity contribution in [1.82, 2.24) is 0 Å². The Morgan fingerprint density at radius 3 is 2.80 bits per heavy atom. The number of hydrogen-bond acceptors (Lipinski definition) is 2. The molecule has 0 N–H and O–H groups in total. The van der Waals surface area contributed by atoms with Gasteiger partial charge in [0.15, 0.2) is 0 Å². The highest BCUT2D eigenvalue weighted by atomic mass is 15.0. The minimum atomic E-state index is 0.329. The molecule has 2 nitrogen and oxygen atoms in total. The number of nitrogens with zero attached hydrogens (tertiary/aromatic N) is 2. The van der Waals surface area contributed by atoms with E-state index in [1.807, 2.05) is 12.1 Å². The molecule has 1 atom stereocenters. The van der Waals surface area contributed by atoms with Gasteiger partial charge < -0.3 is 0 Å². The highest BCUT2D eigenvalue weighted by Gasteiger charge is 2.16. The van der Waals surface area contributed by atoms with Crippen molar-refractivity contribution in [2.24, 2.45) is 9.98 Å². The van der Waals surface area contributed by atoms with Gasteiger partial charge in [0.2, 0.25) is 0 Å². The monoisotopic (exact) mass is 194 g/mol. The SMILES string of the molecule is C1=CC(c2ccccc2)C=C2N=CN=C12. The standard InChI is InChI=1S/C13H10N2/c1-2-4-10(5-3-1)11-6-7-12-13(8-11)15-9-14-12/h1-9,11H. The van der Waals surface area contributed by atoms with Crippen LogP contribution in [0.15, 0.2) is 64.2 Å². The summed E-state index contributed by atoms with van der Waals surface area (Å²) < 4.78 is 0. The Hall–Kier alpha value is -1.96. The molecule has 1 aliphatic heterocycles. The summed E-state index contributed by atoms with van der Waals surface area (Å²) in [4.78, 5) is 8.37. The van der Waals surface area contributed by atoms with Crippen molar-refractivity contribution in [3.8, 4) is 0 Å². The van der Waals surface area contributed by atoms with E-state index in [1.165, 1.54) is 5.56 Å². The summed E-state index contributed by atoms with van der Waals surface area (Å²) in [5.41, 5.74) is 3.26. The molecule has 0 aromatic heterocycles. The third kappa shape index (κ3) is 1.44. The Kier molecular flexibility index (Phi) is 1.85. The van der Waals surface area contributed by atoms with E-state index in [9.17, 15) is 0 Å². The normalized spacial score (nSPS) is 22.3. The molecule has 1 aromatic carbocycles. The molecule has 0 bridgehead atoms. The van der Waals surface area contributed by atoms with Crippen molar-refractivity contribution >= 4 is 12.1 Å². The molecule has 0 fully saturated rings. The van der Waals surface area contributed by atoms with Crippen LogP contribution in [0.4, 0.5) is 0 Å². The van der Waals surface area contributed by atoms with Crippen LogP contribution in [0.3, 0.4) is 0 Å². The number of benzene rings is 1. The zero-order chi connectivity index (χ0) is 10.1. The maximum Gasteiger partial charge on any atom is 0.116 e. The second kappa shape index (κ2) is 3.31. The number of fused-ring (bicyclic) bond motifs is 1. The smallest absolute Gasteiger partial charge is 0.116 e.